The van der Waals surface area contributed by atoms with Gasteiger partial charge in [0.2, 0.25) is 10.0 Å². The summed E-state index contributed by atoms with van der Waals surface area (Å²) in [5.74, 6) is -5.30. The number of sulfonamides is 1. The molecule has 0 heterocycles. The van der Waals surface area contributed by atoms with Gasteiger partial charge in [-0.05, 0) is 12.8 Å². The molecule has 0 atom stereocenters. The minimum Gasteiger partial charge on any atom is -0.481 e. The Morgan fingerprint density at radius 3 is 2.20 bits per heavy atom. The van der Waals surface area contributed by atoms with Crippen LogP contribution in [-0.4, -0.2) is 26.0 Å². The number of benzene rings is 1. The lowest BCUT2D eigenvalue weighted by molar-refractivity contribution is -0.137. The van der Waals surface area contributed by atoms with E-state index in [-0.39, 0.29) is 37.9 Å². The van der Waals surface area contributed by atoms with Crippen LogP contribution in [0.2, 0.25) is 0 Å². The van der Waals surface area contributed by atoms with Crippen molar-refractivity contribution in [3.8, 4) is 0 Å². The fraction of sp³-hybridized carbons (Fsp3) is 0.364. The van der Waals surface area contributed by atoms with Gasteiger partial charge in [-0.25, -0.2) is 26.3 Å². The van der Waals surface area contributed by atoms with Crippen LogP contribution in [0, 0.1) is 17.5 Å². The number of carbonyl (C=O) groups is 1. The molecule has 1 aromatic carbocycles. The van der Waals surface area contributed by atoms with Crippen molar-refractivity contribution >= 4 is 16.0 Å². The summed E-state index contributed by atoms with van der Waals surface area (Å²) in [6.07, 6.45) is 0.267. The molecule has 0 fully saturated rings. The molecule has 0 bridgehead atoms. The van der Waals surface area contributed by atoms with Gasteiger partial charge < -0.3 is 5.11 Å². The van der Waals surface area contributed by atoms with E-state index in [4.69, 9.17) is 5.11 Å². The molecule has 0 unspecified atom stereocenters. The largest absolute Gasteiger partial charge is 0.481 e. The number of aliphatic carboxylic acids is 1. The third kappa shape index (κ3) is 4.49. The Balaban J connectivity index is 2.73. The Bertz CT molecular complexity index is 581. The Morgan fingerprint density at radius 2 is 1.70 bits per heavy atom. The summed E-state index contributed by atoms with van der Waals surface area (Å²) in [6.45, 7) is -0.175. The molecule has 1 aromatic rings. The molecule has 0 amide bonds. The topological polar surface area (TPSA) is 83.5 Å². The summed E-state index contributed by atoms with van der Waals surface area (Å²) < 4.78 is 64.5. The van der Waals surface area contributed by atoms with Crippen molar-refractivity contribution in [1.29, 1.82) is 0 Å². The van der Waals surface area contributed by atoms with E-state index in [9.17, 15) is 26.4 Å². The first-order valence-corrected chi connectivity index (χ1v) is 7.08. The van der Waals surface area contributed by atoms with Gasteiger partial charge in [0.05, 0.1) is 0 Å². The standard InChI is InChI=1S/C11H12F3NO4S/c12-7-5-8(13)11(9(14)6-7)20(18,19)15-4-2-1-3-10(16)17/h5-6,15H,1-4H2,(H,16,17). The van der Waals surface area contributed by atoms with E-state index in [1.165, 1.54) is 0 Å². The van der Waals surface area contributed by atoms with Crippen molar-refractivity contribution in [2.45, 2.75) is 24.2 Å². The number of hydrogen-bond acceptors (Lipinski definition) is 3. The quantitative estimate of drug-likeness (QED) is 0.750. The summed E-state index contributed by atoms with van der Waals surface area (Å²) in [5.41, 5.74) is 0. The Labute approximate surface area is 113 Å². The maximum absolute atomic E-state index is 13.3. The van der Waals surface area contributed by atoms with Gasteiger partial charge in [0.25, 0.3) is 0 Å². The van der Waals surface area contributed by atoms with Crippen LogP contribution in [-0.2, 0) is 14.8 Å². The van der Waals surface area contributed by atoms with E-state index in [0.29, 0.717) is 0 Å². The van der Waals surface area contributed by atoms with E-state index >= 15 is 0 Å². The van der Waals surface area contributed by atoms with Gasteiger partial charge >= 0.3 is 5.97 Å². The molecule has 0 aromatic heterocycles. The van der Waals surface area contributed by atoms with Gasteiger partial charge in [-0.3, -0.25) is 4.79 Å². The minimum absolute atomic E-state index is 0.138. The average molecular weight is 311 g/mol. The first-order chi connectivity index (χ1) is 9.24. The summed E-state index contributed by atoms with van der Waals surface area (Å²) in [6, 6.07) is 0.532. The highest BCUT2D eigenvalue weighted by atomic mass is 32.2. The van der Waals surface area contributed by atoms with Crippen molar-refractivity contribution in [1.82, 2.24) is 4.72 Å². The molecule has 0 radical (unpaired) electrons. The van der Waals surface area contributed by atoms with Crippen LogP contribution >= 0.6 is 0 Å². The van der Waals surface area contributed by atoms with Crippen LogP contribution < -0.4 is 4.72 Å². The minimum atomic E-state index is -4.45. The molecular formula is C11H12F3NO4S. The van der Waals surface area contributed by atoms with Crippen molar-refractivity contribution in [3.05, 3.63) is 29.6 Å². The normalized spacial score (nSPS) is 11.6. The van der Waals surface area contributed by atoms with E-state index in [2.05, 4.69) is 0 Å². The zero-order valence-electron chi connectivity index (χ0n) is 10.2. The van der Waals surface area contributed by atoms with Gasteiger partial charge in [0.15, 0.2) is 4.90 Å². The predicted molar refractivity (Wildman–Crippen MR) is 63.0 cm³/mol. The number of carboxylic acid groups (broad SMARTS) is 1. The Kier molecular flexibility index (Phi) is 5.52. The third-order valence-electron chi connectivity index (χ3n) is 2.34. The number of carboxylic acids is 1. The highest BCUT2D eigenvalue weighted by molar-refractivity contribution is 7.89. The van der Waals surface area contributed by atoms with E-state index in [0.717, 1.165) is 0 Å². The van der Waals surface area contributed by atoms with Gasteiger partial charge in [0, 0.05) is 25.1 Å². The van der Waals surface area contributed by atoms with Crippen LogP contribution in [0.15, 0.2) is 17.0 Å². The molecule has 20 heavy (non-hydrogen) atoms. The maximum Gasteiger partial charge on any atom is 0.303 e. The first kappa shape index (κ1) is 16.4. The fourth-order valence-electron chi connectivity index (χ4n) is 1.47. The Hall–Kier alpha value is -1.61. The molecule has 0 aliphatic carbocycles. The molecule has 0 saturated heterocycles. The van der Waals surface area contributed by atoms with Gasteiger partial charge in [-0.1, -0.05) is 0 Å². The molecule has 0 aliphatic heterocycles. The molecule has 1 rings (SSSR count). The highest BCUT2D eigenvalue weighted by Gasteiger charge is 2.24. The maximum atomic E-state index is 13.3. The van der Waals surface area contributed by atoms with E-state index in [1.807, 2.05) is 4.72 Å². The second-order valence-electron chi connectivity index (χ2n) is 3.95. The van der Waals surface area contributed by atoms with Crippen molar-refractivity contribution in [2.75, 3.05) is 6.54 Å². The lowest BCUT2D eigenvalue weighted by atomic mass is 10.2. The van der Waals surface area contributed by atoms with Crippen LogP contribution in [0.1, 0.15) is 19.3 Å². The predicted octanol–water partition coefficient (Wildman–Crippen LogP) is 1.64. The number of hydrogen-bond donors (Lipinski definition) is 2. The average Bonchev–Trinajstić information content (AvgIpc) is 2.25. The number of rotatable bonds is 7. The molecule has 0 aliphatic rings. The summed E-state index contributed by atoms with van der Waals surface area (Å²) in [5, 5.41) is 8.38. The van der Waals surface area contributed by atoms with Gasteiger partial charge in [-0.2, -0.15) is 0 Å². The van der Waals surface area contributed by atoms with E-state index in [1.54, 1.807) is 0 Å². The fourth-order valence-corrected chi connectivity index (χ4v) is 2.65. The summed E-state index contributed by atoms with van der Waals surface area (Å²) in [4.78, 5) is 8.98. The second kappa shape index (κ2) is 6.71. The lowest BCUT2D eigenvalue weighted by Crippen LogP contribution is -2.27. The second-order valence-corrected chi connectivity index (χ2v) is 5.65. The van der Waals surface area contributed by atoms with Crippen molar-refractivity contribution < 1.29 is 31.5 Å². The number of halogens is 3. The SMILES string of the molecule is O=C(O)CCCCNS(=O)(=O)c1c(F)cc(F)cc1F. The highest BCUT2D eigenvalue weighted by Crippen LogP contribution is 2.19. The molecule has 0 spiro atoms. The first-order valence-electron chi connectivity index (χ1n) is 5.60. The van der Waals surface area contributed by atoms with Gasteiger partial charge in [0.1, 0.15) is 17.5 Å². The van der Waals surface area contributed by atoms with Crippen LogP contribution in [0.25, 0.3) is 0 Å². The van der Waals surface area contributed by atoms with Crippen LogP contribution in [0.5, 0.6) is 0 Å². The van der Waals surface area contributed by atoms with E-state index < -0.39 is 38.3 Å². The Morgan fingerprint density at radius 1 is 1.15 bits per heavy atom. The molecule has 5 nitrogen and oxygen atoms in total. The molecular weight excluding hydrogens is 299 g/mol. The smallest absolute Gasteiger partial charge is 0.303 e. The number of unbranched alkanes of at least 4 members (excludes halogenated alkanes) is 1. The summed E-state index contributed by atoms with van der Waals surface area (Å²) in [7, 11) is -4.45. The summed E-state index contributed by atoms with van der Waals surface area (Å²) >= 11 is 0. The molecule has 2 N–H and O–H groups in total. The van der Waals surface area contributed by atoms with Crippen molar-refractivity contribution in [2.24, 2.45) is 0 Å². The van der Waals surface area contributed by atoms with Crippen LogP contribution in [0.4, 0.5) is 13.2 Å². The third-order valence-corrected chi connectivity index (χ3v) is 3.85. The molecule has 0 saturated carbocycles. The number of nitrogens with one attached hydrogen (secondary N) is 1. The zero-order chi connectivity index (χ0) is 15.3. The monoisotopic (exact) mass is 311 g/mol. The van der Waals surface area contributed by atoms with Crippen LogP contribution in [0.3, 0.4) is 0 Å². The molecule has 9 heteroatoms. The van der Waals surface area contributed by atoms with Crippen molar-refractivity contribution in [3.63, 3.8) is 0 Å². The van der Waals surface area contributed by atoms with Gasteiger partial charge in [-0.15, -0.1) is 0 Å². The zero-order valence-corrected chi connectivity index (χ0v) is 11.0. The molecule has 112 valence electrons. The lowest BCUT2D eigenvalue weighted by Gasteiger charge is -2.08.